The lowest BCUT2D eigenvalue weighted by Crippen LogP contribution is -2.31. The zero-order valence-corrected chi connectivity index (χ0v) is 10.4. The second kappa shape index (κ2) is 8.31. The van der Waals surface area contributed by atoms with E-state index in [0.717, 1.165) is 32.5 Å². The van der Waals surface area contributed by atoms with Crippen molar-refractivity contribution in [3.8, 4) is 0 Å². The summed E-state index contributed by atoms with van der Waals surface area (Å²) < 4.78 is 5.56. The van der Waals surface area contributed by atoms with Crippen molar-refractivity contribution in [2.75, 3.05) is 20.3 Å². The molecule has 1 rings (SSSR count). The van der Waals surface area contributed by atoms with Gasteiger partial charge in [0.1, 0.15) is 0 Å². The number of rotatable bonds is 8. The van der Waals surface area contributed by atoms with Crippen LogP contribution >= 0.6 is 0 Å². The van der Waals surface area contributed by atoms with E-state index in [0.29, 0.717) is 6.04 Å². The van der Waals surface area contributed by atoms with Gasteiger partial charge in [-0.2, -0.15) is 0 Å². The molecule has 2 nitrogen and oxygen atoms in total. The number of hydrogen-bond acceptors (Lipinski definition) is 2. The maximum Gasteiger partial charge on any atom is 0.0619 e. The lowest BCUT2D eigenvalue weighted by molar-refractivity contribution is 0.111. The molecule has 0 saturated heterocycles. The molecule has 0 saturated carbocycles. The van der Waals surface area contributed by atoms with E-state index in [-0.39, 0.29) is 0 Å². The molecular weight excluding hydrogens is 198 g/mol. The largest absolute Gasteiger partial charge is 0.380 e. The molecule has 90 valence electrons. The van der Waals surface area contributed by atoms with Crippen LogP contribution in [0.4, 0.5) is 0 Å². The van der Waals surface area contributed by atoms with E-state index in [9.17, 15) is 0 Å². The Morgan fingerprint density at radius 3 is 2.62 bits per heavy atom. The minimum absolute atomic E-state index is 0.465. The van der Waals surface area contributed by atoms with Crippen LogP contribution in [0.2, 0.25) is 0 Å². The highest BCUT2D eigenvalue weighted by atomic mass is 16.5. The third kappa shape index (κ3) is 5.29. The normalized spacial score (nSPS) is 12.6. The second-order valence-corrected chi connectivity index (χ2v) is 4.08. The van der Waals surface area contributed by atoms with Crippen molar-refractivity contribution in [3.05, 3.63) is 35.9 Å². The van der Waals surface area contributed by atoms with Gasteiger partial charge in [0.2, 0.25) is 0 Å². The van der Waals surface area contributed by atoms with Crippen LogP contribution in [0.25, 0.3) is 0 Å². The van der Waals surface area contributed by atoms with Crippen LogP contribution in [0, 0.1) is 0 Å². The maximum atomic E-state index is 5.56. The third-order valence-corrected chi connectivity index (χ3v) is 2.70. The second-order valence-electron chi connectivity index (χ2n) is 4.08. The molecule has 1 aromatic rings. The number of benzene rings is 1. The SMILES string of the molecule is CCCOCC(CCc1ccccc1)NC. The van der Waals surface area contributed by atoms with Gasteiger partial charge in [-0.3, -0.25) is 0 Å². The Hall–Kier alpha value is -0.860. The molecule has 1 atom stereocenters. The van der Waals surface area contributed by atoms with Crippen LogP contribution in [-0.4, -0.2) is 26.3 Å². The van der Waals surface area contributed by atoms with Crippen LogP contribution in [0.5, 0.6) is 0 Å². The van der Waals surface area contributed by atoms with Gasteiger partial charge in [-0.25, -0.2) is 0 Å². The first-order valence-corrected chi connectivity index (χ1v) is 6.15. The van der Waals surface area contributed by atoms with Gasteiger partial charge in [-0.15, -0.1) is 0 Å². The van der Waals surface area contributed by atoms with Gasteiger partial charge in [0.25, 0.3) is 0 Å². The molecule has 0 aliphatic heterocycles. The van der Waals surface area contributed by atoms with Crippen molar-refractivity contribution in [2.45, 2.75) is 32.2 Å². The summed E-state index contributed by atoms with van der Waals surface area (Å²) in [7, 11) is 2.00. The summed E-state index contributed by atoms with van der Waals surface area (Å²) in [5, 5.41) is 3.31. The maximum absolute atomic E-state index is 5.56. The quantitative estimate of drug-likeness (QED) is 0.681. The fraction of sp³-hybridized carbons (Fsp3) is 0.571. The Kier molecular flexibility index (Phi) is 6.86. The summed E-state index contributed by atoms with van der Waals surface area (Å²) in [6.45, 7) is 3.82. The van der Waals surface area contributed by atoms with Crippen molar-refractivity contribution in [3.63, 3.8) is 0 Å². The number of likely N-dealkylation sites (N-methyl/N-ethyl adjacent to an activating group) is 1. The van der Waals surface area contributed by atoms with Crippen LogP contribution < -0.4 is 5.32 Å². The molecule has 0 bridgehead atoms. The molecule has 0 aromatic heterocycles. The molecule has 0 aliphatic rings. The molecular formula is C14H23NO. The molecule has 1 aromatic carbocycles. The number of nitrogens with one attached hydrogen (secondary N) is 1. The van der Waals surface area contributed by atoms with Crippen LogP contribution in [0.3, 0.4) is 0 Å². The lowest BCUT2D eigenvalue weighted by atomic mass is 10.1. The molecule has 1 N–H and O–H groups in total. The van der Waals surface area contributed by atoms with E-state index in [2.05, 4.69) is 42.6 Å². The first-order chi connectivity index (χ1) is 7.86. The first-order valence-electron chi connectivity index (χ1n) is 6.15. The van der Waals surface area contributed by atoms with Gasteiger partial charge in [0.05, 0.1) is 6.61 Å². The van der Waals surface area contributed by atoms with Gasteiger partial charge in [0, 0.05) is 12.6 Å². The van der Waals surface area contributed by atoms with Crippen LogP contribution in [0.1, 0.15) is 25.3 Å². The summed E-state index contributed by atoms with van der Waals surface area (Å²) >= 11 is 0. The molecule has 0 heterocycles. The Morgan fingerprint density at radius 1 is 1.25 bits per heavy atom. The Bertz CT molecular complexity index is 261. The standard InChI is InChI=1S/C14H23NO/c1-3-11-16-12-14(15-2)10-9-13-7-5-4-6-8-13/h4-8,14-15H,3,9-12H2,1-2H3. The highest BCUT2D eigenvalue weighted by molar-refractivity contribution is 5.14. The molecule has 2 heteroatoms. The van der Waals surface area contributed by atoms with E-state index in [1.54, 1.807) is 0 Å². The molecule has 0 spiro atoms. The average Bonchev–Trinajstić information content (AvgIpc) is 2.35. The van der Waals surface area contributed by atoms with Crippen LogP contribution in [0.15, 0.2) is 30.3 Å². The van der Waals surface area contributed by atoms with Gasteiger partial charge in [-0.1, -0.05) is 37.3 Å². The van der Waals surface area contributed by atoms with Gasteiger partial charge in [0.15, 0.2) is 0 Å². The Morgan fingerprint density at radius 2 is 2.00 bits per heavy atom. The average molecular weight is 221 g/mol. The van der Waals surface area contributed by atoms with Gasteiger partial charge < -0.3 is 10.1 Å². The van der Waals surface area contributed by atoms with E-state index in [4.69, 9.17) is 4.74 Å². The number of aryl methyl sites for hydroxylation is 1. The van der Waals surface area contributed by atoms with Gasteiger partial charge >= 0.3 is 0 Å². The van der Waals surface area contributed by atoms with E-state index >= 15 is 0 Å². The molecule has 0 radical (unpaired) electrons. The molecule has 0 amide bonds. The topological polar surface area (TPSA) is 21.3 Å². The minimum atomic E-state index is 0.465. The Labute approximate surface area is 99.0 Å². The summed E-state index contributed by atoms with van der Waals surface area (Å²) in [6, 6.07) is 11.1. The van der Waals surface area contributed by atoms with Crippen molar-refractivity contribution >= 4 is 0 Å². The summed E-state index contributed by atoms with van der Waals surface area (Å²) in [6.07, 6.45) is 3.33. The summed E-state index contributed by atoms with van der Waals surface area (Å²) in [4.78, 5) is 0. The van der Waals surface area contributed by atoms with Crippen LogP contribution in [-0.2, 0) is 11.2 Å². The predicted molar refractivity (Wildman–Crippen MR) is 68.7 cm³/mol. The van der Waals surface area contributed by atoms with Crippen molar-refractivity contribution in [1.82, 2.24) is 5.32 Å². The number of ether oxygens (including phenoxy) is 1. The minimum Gasteiger partial charge on any atom is -0.380 e. The fourth-order valence-electron chi connectivity index (χ4n) is 1.67. The van der Waals surface area contributed by atoms with E-state index < -0.39 is 0 Å². The lowest BCUT2D eigenvalue weighted by Gasteiger charge is -2.16. The smallest absolute Gasteiger partial charge is 0.0619 e. The van der Waals surface area contributed by atoms with E-state index in [1.165, 1.54) is 5.56 Å². The highest BCUT2D eigenvalue weighted by Gasteiger charge is 2.05. The van der Waals surface area contributed by atoms with Crippen molar-refractivity contribution < 1.29 is 4.74 Å². The molecule has 1 unspecified atom stereocenters. The third-order valence-electron chi connectivity index (χ3n) is 2.70. The zero-order chi connectivity index (χ0) is 11.6. The molecule has 0 aliphatic carbocycles. The Balaban J connectivity index is 2.23. The first kappa shape index (κ1) is 13.2. The fourth-order valence-corrected chi connectivity index (χ4v) is 1.67. The highest BCUT2D eigenvalue weighted by Crippen LogP contribution is 2.05. The van der Waals surface area contributed by atoms with Crippen molar-refractivity contribution in [1.29, 1.82) is 0 Å². The summed E-state index contributed by atoms with van der Waals surface area (Å²) in [5.74, 6) is 0. The number of hydrogen-bond donors (Lipinski definition) is 1. The molecule has 16 heavy (non-hydrogen) atoms. The summed E-state index contributed by atoms with van der Waals surface area (Å²) in [5.41, 5.74) is 1.40. The zero-order valence-electron chi connectivity index (χ0n) is 10.4. The monoisotopic (exact) mass is 221 g/mol. The van der Waals surface area contributed by atoms with Gasteiger partial charge in [-0.05, 0) is 31.9 Å². The predicted octanol–water partition coefficient (Wildman–Crippen LogP) is 2.63. The molecule has 0 fully saturated rings. The van der Waals surface area contributed by atoms with E-state index in [1.807, 2.05) is 7.05 Å². The van der Waals surface area contributed by atoms with Crippen molar-refractivity contribution in [2.24, 2.45) is 0 Å².